The lowest BCUT2D eigenvalue weighted by Gasteiger charge is -2.41. The number of carboxylic acid groups (broad SMARTS) is 1. The van der Waals surface area contributed by atoms with E-state index in [1.807, 2.05) is 0 Å². The van der Waals surface area contributed by atoms with Gasteiger partial charge in [0.05, 0.1) is 40.6 Å². The summed E-state index contributed by atoms with van der Waals surface area (Å²) in [6.45, 7) is 11.2. The molecular formula is C24H42O9Si. The average Bonchev–Trinajstić information content (AvgIpc) is 2.76. The molecule has 1 saturated carbocycles. The fourth-order valence-electron chi connectivity index (χ4n) is 3.15. The Morgan fingerprint density at radius 2 is 1.35 bits per heavy atom. The van der Waals surface area contributed by atoms with Crippen LogP contribution in [0.3, 0.4) is 0 Å². The Balaban J connectivity index is 0.000000916. The molecule has 0 heterocycles. The fourth-order valence-corrected chi connectivity index (χ4v) is 4.58. The van der Waals surface area contributed by atoms with Gasteiger partial charge in [-0.1, -0.05) is 26.8 Å². The van der Waals surface area contributed by atoms with Crippen molar-refractivity contribution in [1.29, 1.82) is 0 Å². The summed E-state index contributed by atoms with van der Waals surface area (Å²) in [7, 11) is 2.08. The van der Waals surface area contributed by atoms with Gasteiger partial charge in [0.2, 0.25) is 0 Å². The van der Waals surface area contributed by atoms with Crippen LogP contribution in [0.2, 0.25) is 18.1 Å². The van der Waals surface area contributed by atoms with Gasteiger partial charge in [-0.3, -0.25) is 14.4 Å². The van der Waals surface area contributed by atoms with Gasteiger partial charge in [-0.2, -0.15) is 0 Å². The Bertz CT molecular complexity index is 698. The minimum Gasteiger partial charge on any atom is -0.481 e. The maximum Gasteiger partial charge on any atom is 0.334 e. The van der Waals surface area contributed by atoms with Crippen LogP contribution in [0.25, 0.3) is 0 Å². The third-order valence-electron chi connectivity index (χ3n) is 6.20. The van der Waals surface area contributed by atoms with Crippen LogP contribution >= 0.6 is 0 Å². The van der Waals surface area contributed by atoms with Gasteiger partial charge in [-0.05, 0) is 49.7 Å². The number of methoxy groups -OCH3 is 3. The SMILES string of the molecule is COC(=O)C(=CC1CCC(O[Si](C)(C)C(C)(C)C)CC1)CC(=O)O.COC(=O)CCC(=O)OC. The van der Waals surface area contributed by atoms with Crippen molar-refractivity contribution in [2.45, 2.75) is 90.0 Å². The van der Waals surface area contributed by atoms with Gasteiger partial charge in [-0.15, -0.1) is 0 Å². The van der Waals surface area contributed by atoms with Crippen molar-refractivity contribution < 1.29 is 42.9 Å². The summed E-state index contributed by atoms with van der Waals surface area (Å²) in [5.41, 5.74) is 0.249. The highest BCUT2D eigenvalue weighted by Crippen LogP contribution is 2.40. The first kappa shape index (κ1) is 31.8. The van der Waals surface area contributed by atoms with Crippen molar-refractivity contribution in [1.82, 2.24) is 0 Å². The van der Waals surface area contributed by atoms with E-state index in [2.05, 4.69) is 48.1 Å². The molecule has 1 fully saturated rings. The monoisotopic (exact) mass is 502 g/mol. The number of ether oxygens (including phenoxy) is 3. The van der Waals surface area contributed by atoms with Crippen molar-refractivity contribution in [2.75, 3.05) is 21.3 Å². The molecule has 0 unspecified atom stereocenters. The number of carboxylic acids is 1. The predicted octanol–water partition coefficient (Wildman–Crippen LogP) is 4.25. The van der Waals surface area contributed by atoms with Crippen molar-refractivity contribution in [3.63, 3.8) is 0 Å². The highest BCUT2D eigenvalue weighted by atomic mass is 28.4. The molecular weight excluding hydrogens is 460 g/mol. The van der Waals surface area contributed by atoms with Gasteiger partial charge in [0.15, 0.2) is 8.32 Å². The molecule has 9 nitrogen and oxygen atoms in total. The number of carbonyl (C=O) groups excluding carboxylic acids is 3. The second kappa shape index (κ2) is 14.9. The lowest BCUT2D eigenvalue weighted by molar-refractivity contribution is -0.147. The Morgan fingerprint density at radius 3 is 1.71 bits per heavy atom. The van der Waals surface area contributed by atoms with E-state index in [1.165, 1.54) is 21.3 Å². The highest BCUT2D eigenvalue weighted by molar-refractivity contribution is 6.74. The van der Waals surface area contributed by atoms with Gasteiger partial charge in [0, 0.05) is 11.7 Å². The van der Waals surface area contributed by atoms with Crippen molar-refractivity contribution in [2.24, 2.45) is 5.92 Å². The van der Waals surface area contributed by atoms with Crippen LogP contribution in [0.5, 0.6) is 0 Å². The number of hydrogen-bond acceptors (Lipinski definition) is 8. The molecule has 0 bridgehead atoms. The molecule has 196 valence electrons. The maximum absolute atomic E-state index is 11.7. The van der Waals surface area contributed by atoms with Crippen LogP contribution in [0.15, 0.2) is 11.6 Å². The summed E-state index contributed by atoms with van der Waals surface area (Å²) < 4.78 is 19.7. The van der Waals surface area contributed by atoms with Gasteiger partial charge in [0.25, 0.3) is 0 Å². The molecule has 0 saturated heterocycles. The lowest BCUT2D eigenvalue weighted by Crippen LogP contribution is -2.44. The predicted molar refractivity (Wildman–Crippen MR) is 130 cm³/mol. The van der Waals surface area contributed by atoms with Crippen LogP contribution in [0, 0.1) is 5.92 Å². The molecule has 0 aromatic rings. The van der Waals surface area contributed by atoms with E-state index in [9.17, 15) is 19.2 Å². The minimum absolute atomic E-state index is 0.0865. The first-order valence-corrected chi connectivity index (χ1v) is 14.4. The van der Waals surface area contributed by atoms with Crippen molar-refractivity contribution >= 4 is 32.2 Å². The molecule has 0 aromatic carbocycles. The van der Waals surface area contributed by atoms with Gasteiger partial charge >= 0.3 is 23.9 Å². The number of carbonyl (C=O) groups is 4. The summed E-state index contributed by atoms with van der Waals surface area (Å²) >= 11 is 0. The van der Waals surface area contributed by atoms with E-state index >= 15 is 0 Å². The number of allylic oxidation sites excluding steroid dienone is 1. The van der Waals surface area contributed by atoms with E-state index in [-0.39, 0.29) is 41.9 Å². The summed E-state index contributed by atoms with van der Waals surface area (Å²) in [6.07, 6.45) is 5.70. The quantitative estimate of drug-likeness (QED) is 0.213. The molecule has 1 aliphatic rings. The molecule has 0 atom stereocenters. The third-order valence-corrected chi connectivity index (χ3v) is 10.7. The van der Waals surface area contributed by atoms with E-state index in [0.717, 1.165) is 25.7 Å². The van der Waals surface area contributed by atoms with Gasteiger partial charge < -0.3 is 23.7 Å². The molecule has 1 rings (SSSR count). The van der Waals surface area contributed by atoms with Crippen LogP contribution in [0.4, 0.5) is 0 Å². The summed E-state index contributed by atoms with van der Waals surface area (Å²) in [6, 6.07) is 0. The fraction of sp³-hybridized carbons (Fsp3) is 0.750. The molecule has 0 aliphatic heterocycles. The number of aliphatic carboxylic acids is 1. The van der Waals surface area contributed by atoms with Crippen molar-refractivity contribution in [3.05, 3.63) is 11.6 Å². The average molecular weight is 503 g/mol. The number of rotatable bonds is 9. The van der Waals surface area contributed by atoms with Crippen LogP contribution in [0.1, 0.15) is 65.7 Å². The van der Waals surface area contributed by atoms with Crippen LogP contribution in [-0.4, -0.2) is 64.7 Å². The van der Waals surface area contributed by atoms with Crippen LogP contribution < -0.4 is 0 Å². The maximum atomic E-state index is 11.7. The zero-order valence-corrected chi connectivity index (χ0v) is 22.9. The molecule has 1 aliphatic carbocycles. The second-order valence-corrected chi connectivity index (χ2v) is 14.6. The van der Waals surface area contributed by atoms with Crippen molar-refractivity contribution in [3.8, 4) is 0 Å². The second-order valence-electron chi connectivity index (χ2n) is 9.82. The Hall–Kier alpha value is -2.20. The number of hydrogen-bond donors (Lipinski definition) is 1. The smallest absolute Gasteiger partial charge is 0.334 e. The normalized spacial score (nSPS) is 18.8. The minimum atomic E-state index is -1.76. The van der Waals surface area contributed by atoms with E-state index < -0.39 is 32.2 Å². The Labute approximate surface area is 204 Å². The number of esters is 3. The molecule has 10 heteroatoms. The van der Waals surface area contributed by atoms with E-state index in [1.54, 1.807) is 6.08 Å². The zero-order chi connectivity index (χ0) is 26.5. The van der Waals surface area contributed by atoms with E-state index in [4.69, 9.17) is 9.53 Å². The van der Waals surface area contributed by atoms with Crippen LogP contribution in [-0.2, 0) is 37.8 Å². The molecule has 0 aromatic heterocycles. The molecule has 0 radical (unpaired) electrons. The summed E-state index contributed by atoms with van der Waals surface area (Å²) in [5, 5.41) is 9.14. The summed E-state index contributed by atoms with van der Waals surface area (Å²) in [4.78, 5) is 43.4. The van der Waals surface area contributed by atoms with Gasteiger partial charge in [0.1, 0.15) is 0 Å². The zero-order valence-electron chi connectivity index (χ0n) is 21.9. The third kappa shape index (κ3) is 12.3. The molecule has 0 amide bonds. The molecule has 34 heavy (non-hydrogen) atoms. The first-order chi connectivity index (χ1) is 15.7. The molecule has 0 spiro atoms. The summed E-state index contributed by atoms with van der Waals surface area (Å²) in [5.74, 6) is -2.13. The topological polar surface area (TPSA) is 125 Å². The van der Waals surface area contributed by atoms with E-state index in [0.29, 0.717) is 0 Å². The molecule has 1 N–H and O–H groups in total. The Morgan fingerprint density at radius 1 is 0.882 bits per heavy atom. The first-order valence-electron chi connectivity index (χ1n) is 11.5. The lowest BCUT2D eigenvalue weighted by atomic mass is 9.86. The standard InChI is InChI=1S/C18H32O5Si.C6H10O4/c1-18(2,3)24(5,6)23-15-9-7-13(8-10-15)11-14(12-16(19)20)17(21)22-4;1-9-5(7)3-4-6(8)10-2/h11,13,15H,7-10,12H2,1-6H3,(H,19,20);3-4H2,1-2H3. The largest absolute Gasteiger partial charge is 0.481 e. The highest BCUT2D eigenvalue weighted by Gasteiger charge is 2.39. The van der Waals surface area contributed by atoms with Gasteiger partial charge in [-0.25, -0.2) is 4.79 Å². The Kier molecular flexibility index (Phi) is 14.0.